The van der Waals surface area contributed by atoms with Crippen LogP contribution in [0.2, 0.25) is 0 Å². The predicted molar refractivity (Wildman–Crippen MR) is 92.3 cm³/mol. The first-order chi connectivity index (χ1) is 11.4. The van der Waals surface area contributed by atoms with Crippen LogP contribution in [0.5, 0.6) is 11.5 Å². The summed E-state index contributed by atoms with van der Waals surface area (Å²) in [6, 6.07) is 4.42. The first-order valence-electron chi connectivity index (χ1n) is 8.08. The lowest BCUT2D eigenvalue weighted by molar-refractivity contribution is 0.0935. The van der Waals surface area contributed by atoms with Crippen LogP contribution in [0.25, 0.3) is 0 Å². The second kappa shape index (κ2) is 9.64. The van der Waals surface area contributed by atoms with Gasteiger partial charge in [-0.25, -0.2) is 10.2 Å². The summed E-state index contributed by atoms with van der Waals surface area (Å²) in [5.41, 5.74) is 5.05. The van der Waals surface area contributed by atoms with Gasteiger partial charge in [-0.1, -0.05) is 13.3 Å². The third kappa shape index (κ3) is 6.36. The molecule has 0 aliphatic heterocycles. The standard InChI is InChI=1S/C17H27N3O4/c1-6-7-12(4)18-17(22)20-19-16(21)13-8-9-14(24-11(2)3)15(10-13)23-5/h8-12H,6-7H2,1-5H3,(H,19,21)(H2,18,20,22)/t12-/m0/s1. The van der Waals surface area contributed by atoms with Crippen molar-refractivity contribution >= 4 is 11.9 Å². The number of urea groups is 1. The quantitative estimate of drug-likeness (QED) is 0.667. The Morgan fingerprint density at radius 2 is 1.83 bits per heavy atom. The summed E-state index contributed by atoms with van der Waals surface area (Å²) in [5.74, 6) is 0.572. The summed E-state index contributed by atoms with van der Waals surface area (Å²) in [4.78, 5) is 23.8. The molecule has 0 fully saturated rings. The highest BCUT2D eigenvalue weighted by molar-refractivity contribution is 5.95. The second-order valence-corrected chi connectivity index (χ2v) is 5.77. The average molecular weight is 337 g/mol. The highest BCUT2D eigenvalue weighted by atomic mass is 16.5. The molecule has 1 aromatic rings. The van der Waals surface area contributed by atoms with Gasteiger partial charge in [0.2, 0.25) is 0 Å². The molecule has 0 unspecified atom stereocenters. The molecule has 134 valence electrons. The van der Waals surface area contributed by atoms with Crippen LogP contribution in [-0.2, 0) is 0 Å². The van der Waals surface area contributed by atoms with Gasteiger partial charge in [-0.3, -0.25) is 10.2 Å². The van der Waals surface area contributed by atoms with E-state index in [-0.39, 0.29) is 12.1 Å². The lowest BCUT2D eigenvalue weighted by atomic mass is 10.2. The zero-order valence-electron chi connectivity index (χ0n) is 14.9. The molecular formula is C17H27N3O4. The van der Waals surface area contributed by atoms with E-state index in [0.717, 1.165) is 12.8 Å². The smallest absolute Gasteiger partial charge is 0.333 e. The molecule has 0 aliphatic carbocycles. The Hall–Kier alpha value is -2.44. The minimum atomic E-state index is -0.448. The number of rotatable bonds is 7. The van der Waals surface area contributed by atoms with Crippen LogP contribution in [0.3, 0.4) is 0 Å². The number of hydrogen-bond donors (Lipinski definition) is 3. The summed E-state index contributed by atoms with van der Waals surface area (Å²) in [6.45, 7) is 7.76. The molecular weight excluding hydrogens is 310 g/mol. The van der Waals surface area contributed by atoms with Crippen LogP contribution in [0, 0.1) is 0 Å². The molecule has 7 heteroatoms. The number of nitrogens with one attached hydrogen (secondary N) is 3. The Bertz CT molecular complexity index is 561. The van der Waals surface area contributed by atoms with Crippen LogP contribution in [0.1, 0.15) is 50.9 Å². The lowest BCUT2D eigenvalue weighted by Crippen LogP contribution is -2.49. The normalized spacial score (nSPS) is 11.6. The summed E-state index contributed by atoms with van der Waals surface area (Å²) in [7, 11) is 1.50. The number of methoxy groups -OCH3 is 1. The molecule has 0 spiro atoms. The molecule has 0 radical (unpaired) electrons. The molecule has 0 aromatic heterocycles. The third-order valence-electron chi connectivity index (χ3n) is 3.18. The number of amides is 3. The fraction of sp³-hybridized carbons (Fsp3) is 0.529. The van der Waals surface area contributed by atoms with Crippen LogP contribution >= 0.6 is 0 Å². The maximum Gasteiger partial charge on any atom is 0.333 e. The summed E-state index contributed by atoms with van der Waals surface area (Å²) < 4.78 is 10.8. The van der Waals surface area contributed by atoms with Gasteiger partial charge in [0.1, 0.15) is 0 Å². The van der Waals surface area contributed by atoms with Gasteiger partial charge in [-0.15, -0.1) is 0 Å². The third-order valence-corrected chi connectivity index (χ3v) is 3.18. The molecule has 0 heterocycles. The minimum absolute atomic E-state index is 0.00551. The lowest BCUT2D eigenvalue weighted by Gasteiger charge is -2.15. The molecule has 0 saturated carbocycles. The molecule has 7 nitrogen and oxygen atoms in total. The summed E-state index contributed by atoms with van der Waals surface area (Å²) in [6.07, 6.45) is 1.84. The van der Waals surface area contributed by atoms with Gasteiger partial charge in [0.25, 0.3) is 5.91 Å². The molecule has 1 atom stereocenters. The first-order valence-corrected chi connectivity index (χ1v) is 8.08. The van der Waals surface area contributed by atoms with Crippen LogP contribution < -0.4 is 25.6 Å². The van der Waals surface area contributed by atoms with Crippen LogP contribution in [0.4, 0.5) is 4.79 Å². The van der Waals surface area contributed by atoms with E-state index in [2.05, 4.69) is 16.2 Å². The Morgan fingerprint density at radius 3 is 2.42 bits per heavy atom. The van der Waals surface area contributed by atoms with E-state index in [9.17, 15) is 9.59 Å². The molecule has 1 aromatic carbocycles. The first kappa shape index (κ1) is 19.6. The predicted octanol–water partition coefficient (Wildman–Crippen LogP) is 2.62. The highest BCUT2D eigenvalue weighted by Crippen LogP contribution is 2.28. The van der Waals surface area contributed by atoms with E-state index in [1.54, 1.807) is 18.2 Å². The van der Waals surface area contributed by atoms with Crippen molar-refractivity contribution in [2.45, 2.75) is 52.7 Å². The Morgan fingerprint density at radius 1 is 1.12 bits per heavy atom. The Kier molecular flexibility index (Phi) is 7.88. The van der Waals surface area contributed by atoms with E-state index < -0.39 is 11.9 Å². The van der Waals surface area contributed by atoms with Crippen molar-refractivity contribution in [1.82, 2.24) is 16.2 Å². The van der Waals surface area contributed by atoms with Gasteiger partial charge >= 0.3 is 6.03 Å². The fourth-order valence-corrected chi connectivity index (χ4v) is 2.11. The number of hydrazine groups is 1. The Labute approximate surface area is 143 Å². The van der Waals surface area contributed by atoms with E-state index in [1.807, 2.05) is 27.7 Å². The van der Waals surface area contributed by atoms with Gasteiger partial charge < -0.3 is 14.8 Å². The van der Waals surface area contributed by atoms with Gasteiger partial charge in [-0.2, -0.15) is 0 Å². The summed E-state index contributed by atoms with van der Waals surface area (Å²) in [5, 5.41) is 2.73. The van der Waals surface area contributed by atoms with Gasteiger partial charge in [0.05, 0.1) is 13.2 Å². The molecule has 24 heavy (non-hydrogen) atoms. The average Bonchev–Trinajstić information content (AvgIpc) is 2.52. The topological polar surface area (TPSA) is 88.7 Å². The second-order valence-electron chi connectivity index (χ2n) is 5.77. The molecule has 0 bridgehead atoms. The van der Waals surface area contributed by atoms with Crippen molar-refractivity contribution in [3.8, 4) is 11.5 Å². The number of benzene rings is 1. The SMILES string of the molecule is CCC[C@H](C)NC(=O)NNC(=O)c1ccc(OC(C)C)c(OC)c1. The molecule has 0 saturated heterocycles. The van der Waals surface area contributed by atoms with E-state index >= 15 is 0 Å². The molecule has 3 amide bonds. The number of hydrogen-bond acceptors (Lipinski definition) is 4. The maximum absolute atomic E-state index is 12.1. The van der Waals surface area contributed by atoms with Crippen molar-refractivity contribution < 1.29 is 19.1 Å². The van der Waals surface area contributed by atoms with Gasteiger partial charge in [-0.05, 0) is 45.4 Å². The van der Waals surface area contributed by atoms with E-state index in [1.165, 1.54) is 7.11 Å². The number of carbonyl (C=O) groups is 2. The van der Waals surface area contributed by atoms with E-state index in [4.69, 9.17) is 9.47 Å². The maximum atomic E-state index is 12.1. The zero-order valence-corrected chi connectivity index (χ0v) is 14.9. The van der Waals surface area contributed by atoms with Crippen LogP contribution in [-0.4, -0.2) is 31.2 Å². The number of carbonyl (C=O) groups excluding carboxylic acids is 2. The Balaban J connectivity index is 2.63. The van der Waals surface area contributed by atoms with Crippen molar-refractivity contribution in [3.05, 3.63) is 23.8 Å². The zero-order chi connectivity index (χ0) is 18.1. The molecule has 3 N–H and O–H groups in total. The monoisotopic (exact) mass is 337 g/mol. The van der Waals surface area contributed by atoms with Crippen molar-refractivity contribution in [2.75, 3.05) is 7.11 Å². The molecule has 0 aliphatic rings. The molecule has 1 rings (SSSR count). The van der Waals surface area contributed by atoms with Gasteiger partial charge in [0.15, 0.2) is 11.5 Å². The van der Waals surface area contributed by atoms with E-state index in [0.29, 0.717) is 17.1 Å². The minimum Gasteiger partial charge on any atom is -0.493 e. The van der Waals surface area contributed by atoms with Crippen molar-refractivity contribution in [1.29, 1.82) is 0 Å². The largest absolute Gasteiger partial charge is 0.493 e. The van der Waals surface area contributed by atoms with Crippen molar-refractivity contribution in [3.63, 3.8) is 0 Å². The summed E-state index contributed by atoms with van der Waals surface area (Å²) >= 11 is 0. The highest BCUT2D eigenvalue weighted by Gasteiger charge is 2.13. The fourth-order valence-electron chi connectivity index (χ4n) is 2.11. The van der Waals surface area contributed by atoms with Crippen molar-refractivity contribution in [2.24, 2.45) is 0 Å². The van der Waals surface area contributed by atoms with Crippen LogP contribution in [0.15, 0.2) is 18.2 Å². The van der Waals surface area contributed by atoms with Gasteiger partial charge in [0, 0.05) is 11.6 Å². The number of ether oxygens (including phenoxy) is 2.